The van der Waals surface area contributed by atoms with E-state index < -0.39 is 5.82 Å². The summed E-state index contributed by atoms with van der Waals surface area (Å²) < 4.78 is 13.1. The van der Waals surface area contributed by atoms with Gasteiger partial charge in [0, 0.05) is 11.3 Å². The van der Waals surface area contributed by atoms with Crippen LogP contribution in [0.15, 0.2) is 42.5 Å². The van der Waals surface area contributed by atoms with Crippen molar-refractivity contribution in [3.63, 3.8) is 0 Å². The second-order valence-corrected chi connectivity index (χ2v) is 4.21. The molecule has 19 heavy (non-hydrogen) atoms. The number of hydrogen-bond acceptors (Lipinski definition) is 3. The van der Waals surface area contributed by atoms with Crippen LogP contribution in [0, 0.1) is 5.82 Å². The SMILES string of the molecule is NNc1ccc(C(=O)Nc2cc(F)ccc2Cl)cc1. The third-order valence-electron chi connectivity index (χ3n) is 2.49. The Kier molecular flexibility index (Phi) is 3.99. The molecule has 0 aromatic heterocycles. The van der Waals surface area contributed by atoms with Crippen LogP contribution >= 0.6 is 11.6 Å². The van der Waals surface area contributed by atoms with Crippen molar-refractivity contribution in [2.45, 2.75) is 0 Å². The fourth-order valence-electron chi connectivity index (χ4n) is 1.51. The van der Waals surface area contributed by atoms with E-state index in [2.05, 4.69) is 10.7 Å². The van der Waals surface area contributed by atoms with Gasteiger partial charge >= 0.3 is 0 Å². The number of nitrogens with one attached hydrogen (secondary N) is 2. The summed E-state index contributed by atoms with van der Waals surface area (Å²) in [5.41, 5.74) is 3.78. The highest BCUT2D eigenvalue weighted by Gasteiger charge is 2.09. The number of benzene rings is 2. The van der Waals surface area contributed by atoms with Gasteiger partial charge in [0.1, 0.15) is 5.82 Å². The lowest BCUT2D eigenvalue weighted by Crippen LogP contribution is -2.13. The molecule has 4 nitrogen and oxygen atoms in total. The van der Waals surface area contributed by atoms with Gasteiger partial charge in [0.05, 0.1) is 10.7 Å². The van der Waals surface area contributed by atoms with Crippen LogP contribution in [0.25, 0.3) is 0 Å². The minimum Gasteiger partial charge on any atom is -0.324 e. The first-order valence-electron chi connectivity index (χ1n) is 5.43. The zero-order valence-electron chi connectivity index (χ0n) is 9.78. The van der Waals surface area contributed by atoms with Gasteiger partial charge in [-0.3, -0.25) is 10.6 Å². The molecule has 0 saturated heterocycles. The summed E-state index contributed by atoms with van der Waals surface area (Å²) >= 11 is 5.87. The average Bonchev–Trinajstić information content (AvgIpc) is 2.43. The van der Waals surface area contributed by atoms with Gasteiger partial charge in [0.2, 0.25) is 0 Å². The minimum absolute atomic E-state index is 0.229. The maximum Gasteiger partial charge on any atom is 0.255 e. The van der Waals surface area contributed by atoms with Gasteiger partial charge in [-0.05, 0) is 42.5 Å². The highest BCUT2D eigenvalue weighted by atomic mass is 35.5. The lowest BCUT2D eigenvalue weighted by Gasteiger charge is -2.08. The van der Waals surface area contributed by atoms with Gasteiger partial charge in [0.15, 0.2) is 0 Å². The molecular weight excluding hydrogens is 269 g/mol. The molecule has 0 radical (unpaired) electrons. The van der Waals surface area contributed by atoms with Crippen LogP contribution in [0.5, 0.6) is 0 Å². The van der Waals surface area contributed by atoms with E-state index >= 15 is 0 Å². The number of rotatable bonds is 3. The highest BCUT2D eigenvalue weighted by molar-refractivity contribution is 6.33. The summed E-state index contributed by atoms with van der Waals surface area (Å²) in [5.74, 6) is 4.38. The van der Waals surface area contributed by atoms with Crippen molar-refractivity contribution in [3.05, 3.63) is 58.9 Å². The maximum absolute atomic E-state index is 13.1. The van der Waals surface area contributed by atoms with Crippen LogP contribution in [-0.4, -0.2) is 5.91 Å². The lowest BCUT2D eigenvalue weighted by molar-refractivity contribution is 0.102. The molecule has 0 unspecified atom stereocenters. The third-order valence-corrected chi connectivity index (χ3v) is 2.82. The van der Waals surface area contributed by atoms with Gasteiger partial charge in [-0.2, -0.15) is 0 Å². The number of hydrogen-bond donors (Lipinski definition) is 3. The highest BCUT2D eigenvalue weighted by Crippen LogP contribution is 2.23. The van der Waals surface area contributed by atoms with Crippen LogP contribution < -0.4 is 16.6 Å². The van der Waals surface area contributed by atoms with Crippen LogP contribution in [0.2, 0.25) is 5.02 Å². The molecule has 0 heterocycles. The quantitative estimate of drug-likeness (QED) is 0.598. The van der Waals surface area contributed by atoms with Crippen molar-refractivity contribution in [3.8, 4) is 0 Å². The normalized spacial score (nSPS) is 10.1. The van der Waals surface area contributed by atoms with Gasteiger partial charge in [-0.15, -0.1) is 0 Å². The van der Waals surface area contributed by atoms with Gasteiger partial charge in [-0.25, -0.2) is 4.39 Å². The Hall–Kier alpha value is -2.11. The van der Waals surface area contributed by atoms with E-state index in [1.54, 1.807) is 24.3 Å². The Morgan fingerprint density at radius 2 is 1.84 bits per heavy atom. The number of carbonyl (C=O) groups excluding carboxylic acids is 1. The molecule has 0 aliphatic heterocycles. The van der Waals surface area contributed by atoms with Gasteiger partial charge < -0.3 is 10.7 Å². The smallest absolute Gasteiger partial charge is 0.255 e. The number of halogens is 2. The molecule has 0 atom stereocenters. The minimum atomic E-state index is -0.470. The molecule has 0 spiro atoms. The molecule has 0 aliphatic carbocycles. The molecule has 0 saturated carbocycles. The van der Waals surface area contributed by atoms with E-state index in [9.17, 15) is 9.18 Å². The predicted molar refractivity (Wildman–Crippen MR) is 73.6 cm³/mol. The number of nitrogens with two attached hydrogens (primary N) is 1. The monoisotopic (exact) mass is 279 g/mol. The number of amides is 1. The lowest BCUT2D eigenvalue weighted by atomic mass is 10.2. The van der Waals surface area contributed by atoms with E-state index in [4.69, 9.17) is 17.4 Å². The maximum atomic E-state index is 13.1. The second-order valence-electron chi connectivity index (χ2n) is 3.80. The fraction of sp³-hybridized carbons (Fsp3) is 0. The van der Waals surface area contributed by atoms with Gasteiger partial charge in [0.25, 0.3) is 5.91 Å². The molecule has 4 N–H and O–H groups in total. The van der Waals surface area contributed by atoms with E-state index in [-0.39, 0.29) is 16.6 Å². The third kappa shape index (κ3) is 3.21. The average molecular weight is 280 g/mol. The summed E-state index contributed by atoms with van der Waals surface area (Å²) in [7, 11) is 0. The Morgan fingerprint density at radius 1 is 1.16 bits per heavy atom. The van der Waals surface area contributed by atoms with Crippen molar-refractivity contribution in [1.29, 1.82) is 0 Å². The van der Waals surface area contributed by atoms with E-state index in [1.807, 2.05) is 0 Å². The Bertz CT molecular complexity index is 601. The fourth-order valence-corrected chi connectivity index (χ4v) is 1.67. The van der Waals surface area contributed by atoms with Crippen molar-refractivity contribution in [2.24, 2.45) is 5.84 Å². The topological polar surface area (TPSA) is 67.1 Å². The molecule has 2 aromatic carbocycles. The van der Waals surface area contributed by atoms with Crippen molar-refractivity contribution in [2.75, 3.05) is 10.7 Å². The Balaban J connectivity index is 2.18. The first-order chi connectivity index (χ1) is 9.10. The van der Waals surface area contributed by atoms with Crippen LogP contribution in [0.4, 0.5) is 15.8 Å². The summed E-state index contributed by atoms with van der Waals surface area (Å²) in [4.78, 5) is 11.9. The summed E-state index contributed by atoms with van der Waals surface area (Å²) in [6, 6.07) is 10.3. The number of nitrogen functional groups attached to an aromatic ring is 1. The molecule has 0 fully saturated rings. The molecule has 2 aromatic rings. The van der Waals surface area contributed by atoms with Crippen LogP contribution in [-0.2, 0) is 0 Å². The van der Waals surface area contributed by atoms with E-state index in [1.165, 1.54) is 12.1 Å². The summed E-state index contributed by atoms with van der Waals surface area (Å²) in [5, 5.41) is 2.82. The molecule has 0 aliphatic rings. The summed E-state index contributed by atoms with van der Waals surface area (Å²) in [6.45, 7) is 0. The van der Waals surface area contributed by atoms with E-state index in [0.717, 1.165) is 6.07 Å². The second kappa shape index (κ2) is 5.69. The molecule has 1 amide bonds. The zero-order valence-corrected chi connectivity index (χ0v) is 10.5. The Labute approximate surface area is 114 Å². The van der Waals surface area contributed by atoms with Crippen molar-refractivity contribution < 1.29 is 9.18 Å². The zero-order chi connectivity index (χ0) is 13.8. The standard InChI is InChI=1S/C13H11ClFN3O/c14-11-6-3-9(15)7-12(11)17-13(19)8-1-4-10(18-16)5-2-8/h1-7,18H,16H2,(H,17,19). The number of carbonyl (C=O) groups is 1. The van der Waals surface area contributed by atoms with Crippen LogP contribution in [0.3, 0.4) is 0 Å². The summed E-state index contributed by atoms with van der Waals surface area (Å²) in [6.07, 6.45) is 0. The molecule has 0 bridgehead atoms. The first kappa shape index (κ1) is 13.3. The molecular formula is C13H11ClFN3O. The number of hydrazine groups is 1. The largest absolute Gasteiger partial charge is 0.324 e. The van der Waals surface area contributed by atoms with Crippen molar-refractivity contribution in [1.82, 2.24) is 0 Å². The molecule has 2 rings (SSSR count). The predicted octanol–water partition coefficient (Wildman–Crippen LogP) is 3.02. The van der Waals surface area contributed by atoms with E-state index in [0.29, 0.717) is 11.3 Å². The molecule has 6 heteroatoms. The number of anilines is 2. The molecule has 98 valence electrons. The van der Waals surface area contributed by atoms with Crippen molar-refractivity contribution >= 4 is 28.9 Å². The van der Waals surface area contributed by atoms with Crippen LogP contribution in [0.1, 0.15) is 10.4 Å². The van der Waals surface area contributed by atoms with Gasteiger partial charge in [-0.1, -0.05) is 11.6 Å². The first-order valence-corrected chi connectivity index (χ1v) is 5.81. The Morgan fingerprint density at radius 3 is 2.47 bits per heavy atom.